The van der Waals surface area contributed by atoms with Crippen LogP contribution in [0.2, 0.25) is 0 Å². The molecular weight excluding hydrogens is 439 g/mol. The van der Waals surface area contributed by atoms with Crippen molar-refractivity contribution < 1.29 is 22.3 Å². The molecule has 1 aliphatic rings. The first-order valence-electron chi connectivity index (χ1n) is 10.2. The third kappa shape index (κ3) is 6.44. The second kappa shape index (κ2) is 11.0. The average Bonchev–Trinajstić information content (AvgIpc) is 2.80. The van der Waals surface area contributed by atoms with Crippen molar-refractivity contribution in [3.8, 4) is 5.75 Å². The van der Waals surface area contributed by atoms with Crippen molar-refractivity contribution in [2.45, 2.75) is 29.1 Å². The third-order valence-electron chi connectivity index (χ3n) is 5.22. The van der Waals surface area contributed by atoms with Crippen LogP contribution in [0.5, 0.6) is 5.75 Å². The van der Waals surface area contributed by atoms with Crippen LogP contribution in [-0.2, 0) is 14.8 Å². The molecule has 0 spiro atoms. The molecule has 0 aliphatic carbocycles. The van der Waals surface area contributed by atoms with Crippen LogP contribution in [0.25, 0.3) is 0 Å². The second-order valence-corrected chi connectivity index (χ2v) is 10.4. The highest BCUT2D eigenvalue weighted by Crippen LogP contribution is 2.25. The summed E-state index contributed by atoms with van der Waals surface area (Å²) in [6, 6.07) is 12.7. The van der Waals surface area contributed by atoms with Crippen LogP contribution >= 0.6 is 11.8 Å². The van der Waals surface area contributed by atoms with E-state index >= 15 is 0 Å². The molecule has 1 N–H and O–H groups in total. The number of sulfonamides is 1. The maximum absolute atomic E-state index is 12.9. The highest BCUT2D eigenvalue weighted by molar-refractivity contribution is 7.99. The molecule has 6 nitrogen and oxygen atoms in total. The van der Waals surface area contributed by atoms with E-state index in [9.17, 15) is 17.6 Å². The lowest BCUT2D eigenvalue weighted by atomic mass is 9.97. The van der Waals surface area contributed by atoms with Gasteiger partial charge in [0.05, 0.1) is 12.0 Å². The first kappa shape index (κ1) is 23.6. The molecule has 0 atom stereocenters. The van der Waals surface area contributed by atoms with Crippen LogP contribution in [0.15, 0.2) is 58.3 Å². The number of thioether (sulfide) groups is 1. The number of methoxy groups -OCH3 is 1. The molecule has 1 fully saturated rings. The number of hydrogen-bond donors (Lipinski definition) is 1. The highest BCUT2D eigenvalue weighted by atomic mass is 32.2. The van der Waals surface area contributed by atoms with Crippen LogP contribution in [0.3, 0.4) is 0 Å². The molecule has 9 heteroatoms. The molecule has 1 amide bonds. The molecule has 1 aliphatic heterocycles. The molecule has 2 aromatic rings. The van der Waals surface area contributed by atoms with E-state index in [1.165, 1.54) is 35.7 Å². The van der Waals surface area contributed by atoms with Gasteiger partial charge in [-0.25, -0.2) is 12.8 Å². The van der Waals surface area contributed by atoms with Crippen molar-refractivity contribution in [1.29, 1.82) is 0 Å². The minimum absolute atomic E-state index is 0.0201. The predicted octanol–water partition coefficient (Wildman–Crippen LogP) is 3.53. The summed E-state index contributed by atoms with van der Waals surface area (Å²) in [5.41, 5.74) is 0. The number of rotatable bonds is 9. The summed E-state index contributed by atoms with van der Waals surface area (Å²) >= 11 is 1.62. The Hall–Kier alpha value is -2.10. The molecule has 1 saturated heterocycles. The maximum atomic E-state index is 12.9. The zero-order chi connectivity index (χ0) is 22.3. The van der Waals surface area contributed by atoms with Crippen molar-refractivity contribution in [3.05, 3.63) is 54.3 Å². The molecule has 0 radical (unpaired) electrons. The van der Waals surface area contributed by atoms with Crippen LogP contribution < -0.4 is 10.1 Å². The van der Waals surface area contributed by atoms with Crippen molar-refractivity contribution in [1.82, 2.24) is 9.62 Å². The van der Waals surface area contributed by atoms with Crippen molar-refractivity contribution in [3.63, 3.8) is 0 Å². The van der Waals surface area contributed by atoms with E-state index in [4.69, 9.17) is 4.74 Å². The van der Waals surface area contributed by atoms with Gasteiger partial charge in [-0.2, -0.15) is 4.31 Å². The van der Waals surface area contributed by atoms with E-state index < -0.39 is 10.0 Å². The summed E-state index contributed by atoms with van der Waals surface area (Å²) in [6.45, 7) is 1.22. The minimum atomic E-state index is -3.57. The number of halogens is 1. The topological polar surface area (TPSA) is 75.7 Å². The van der Waals surface area contributed by atoms with Gasteiger partial charge in [0.1, 0.15) is 11.6 Å². The summed E-state index contributed by atoms with van der Waals surface area (Å²) in [7, 11) is -2.04. The third-order valence-corrected chi connectivity index (χ3v) is 8.24. The predicted molar refractivity (Wildman–Crippen MR) is 119 cm³/mol. The monoisotopic (exact) mass is 466 g/mol. The fraction of sp³-hybridized carbons (Fsp3) is 0.409. The maximum Gasteiger partial charge on any atom is 0.243 e. The highest BCUT2D eigenvalue weighted by Gasteiger charge is 2.31. The second-order valence-electron chi connectivity index (χ2n) is 7.30. The van der Waals surface area contributed by atoms with E-state index in [0.717, 1.165) is 17.1 Å². The Morgan fingerprint density at radius 2 is 1.77 bits per heavy atom. The fourth-order valence-electron chi connectivity index (χ4n) is 3.40. The van der Waals surface area contributed by atoms with Gasteiger partial charge in [-0.15, -0.1) is 11.8 Å². The van der Waals surface area contributed by atoms with E-state index in [1.807, 2.05) is 0 Å². The first-order valence-corrected chi connectivity index (χ1v) is 12.6. The number of hydrogen-bond acceptors (Lipinski definition) is 5. The molecule has 1 heterocycles. The summed E-state index contributed by atoms with van der Waals surface area (Å²) < 4.78 is 45.0. The molecular formula is C22H27FN2O4S2. The van der Waals surface area contributed by atoms with E-state index in [2.05, 4.69) is 5.32 Å². The van der Waals surface area contributed by atoms with E-state index in [0.29, 0.717) is 38.2 Å². The van der Waals surface area contributed by atoms with Gasteiger partial charge in [-0.05, 0) is 73.5 Å². The van der Waals surface area contributed by atoms with Crippen LogP contribution in [0, 0.1) is 11.7 Å². The van der Waals surface area contributed by atoms with Crippen LogP contribution in [0.1, 0.15) is 19.3 Å². The van der Waals surface area contributed by atoms with Gasteiger partial charge in [0.25, 0.3) is 0 Å². The minimum Gasteiger partial charge on any atom is -0.497 e. The van der Waals surface area contributed by atoms with Crippen LogP contribution in [-0.4, -0.2) is 51.1 Å². The number of nitrogens with zero attached hydrogens (tertiary/aromatic N) is 1. The molecule has 2 aromatic carbocycles. The molecule has 0 aromatic heterocycles. The number of nitrogens with one attached hydrogen (secondary N) is 1. The van der Waals surface area contributed by atoms with Gasteiger partial charge in [0.2, 0.25) is 15.9 Å². The van der Waals surface area contributed by atoms with Gasteiger partial charge < -0.3 is 10.1 Å². The van der Waals surface area contributed by atoms with Crippen molar-refractivity contribution >= 4 is 27.7 Å². The lowest BCUT2D eigenvalue weighted by Crippen LogP contribution is -2.43. The molecule has 31 heavy (non-hydrogen) atoms. The number of benzene rings is 2. The Balaban J connectivity index is 1.39. The number of amides is 1. The Bertz CT molecular complexity index is 958. The summed E-state index contributed by atoms with van der Waals surface area (Å²) in [5, 5.41) is 2.95. The molecule has 3 rings (SSSR count). The van der Waals surface area contributed by atoms with Gasteiger partial charge in [0, 0.05) is 30.4 Å². The summed E-state index contributed by atoms with van der Waals surface area (Å²) in [6.07, 6.45) is 1.82. The Kier molecular flexibility index (Phi) is 8.34. The number of carbonyl (C=O) groups is 1. The van der Waals surface area contributed by atoms with Crippen LogP contribution in [0.4, 0.5) is 4.39 Å². The van der Waals surface area contributed by atoms with Gasteiger partial charge >= 0.3 is 0 Å². The SMILES string of the molecule is COc1ccc(S(=O)(=O)N2CCC(C(=O)NCCCSc3ccc(F)cc3)CC2)cc1. The lowest BCUT2D eigenvalue weighted by molar-refractivity contribution is -0.126. The van der Waals surface area contributed by atoms with Crippen molar-refractivity contribution in [2.75, 3.05) is 32.5 Å². The Labute approximate surface area is 187 Å². The van der Waals surface area contributed by atoms with E-state index in [-0.39, 0.29) is 22.5 Å². The number of carbonyl (C=O) groups excluding carboxylic acids is 1. The quantitative estimate of drug-likeness (QED) is 0.452. The number of piperidine rings is 1. The van der Waals surface area contributed by atoms with Gasteiger partial charge in [-0.3, -0.25) is 4.79 Å². The smallest absolute Gasteiger partial charge is 0.243 e. The molecule has 168 valence electrons. The largest absolute Gasteiger partial charge is 0.497 e. The normalized spacial score (nSPS) is 15.5. The molecule has 0 bridgehead atoms. The zero-order valence-electron chi connectivity index (χ0n) is 17.4. The van der Waals surface area contributed by atoms with Crippen molar-refractivity contribution in [2.24, 2.45) is 5.92 Å². The Morgan fingerprint density at radius 3 is 2.39 bits per heavy atom. The Morgan fingerprint density at radius 1 is 1.13 bits per heavy atom. The zero-order valence-corrected chi connectivity index (χ0v) is 19.1. The molecule has 0 saturated carbocycles. The fourth-order valence-corrected chi connectivity index (χ4v) is 5.73. The van der Waals surface area contributed by atoms with Gasteiger partial charge in [-0.1, -0.05) is 0 Å². The molecule has 0 unspecified atom stereocenters. The standard InChI is InChI=1S/C22H27FN2O4S2/c1-29-19-5-9-21(10-6-19)31(27,28)25-14-11-17(12-15-25)22(26)24-13-2-16-30-20-7-3-18(23)4-8-20/h3-10,17H,2,11-16H2,1H3,(H,24,26). The first-order chi connectivity index (χ1) is 14.9. The van der Waals surface area contributed by atoms with E-state index in [1.54, 1.807) is 36.0 Å². The summed E-state index contributed by atoms with van der Waals surface area (Å²) in [4.78, 5) is 13.7. The van der Waals surface area contributed by atoms with Gasteiger partial charge in [0.15, 0.2) is 0 Å². The summed E-state index contributed by atoms with van der Waals surface area (Å²) in [5.74, 6) is 0.981. The lowest BCUT2D eigenvalue weighted by Gasteiger charge is -2.30. The average molecular weight is 467 g/mol. The number of ether oxygens (including phenoxy) is 1.